The fourth-order valence-corrected chi connectivity index (χ4v) is 0.910. The van der Waals surface area contributed by atoms with Gasteiger partial charge in [0.25, 0.3) is 0 Å². The predicted octanol–water partition coefficient (Wildman–Crippen LogP) is 2.09. The number of allylic oxidation sites excluding steroid dienone is 2. The van der Waals surface area contributed by atoms with E-state index < -0.39 is 0 Å². The average molecular weight is 112 g/mol. The minimum Gasteiger partial charge on any atom is -0.498 e. The Morgan fingerprint density at radius 1 is 1.75 bits per heavy atom. The second-order valence-electron chi connectivity index (χ2n) is 2.03. The molecule has 0 N–H and O–H groups in total. The van der Waals surface area contributed by atoms with Crippen LogP contribution in [0.1, 0.15) is 26.2 Å². The van der Waals surface area contributed by atoms with Gasteiger partial charge in [0, 0.05) is 6.42 Å². The zero-order chi connectivity index (χ0) is 5.82. The molecule has 0 spiro atoms. The van der Waals surface area contributed by atoms with Crippen LogP contribution in [-0.4, -0.2) is 6.61 Å². The van der Waals surface area contributed by atoms with E-state index in [2.05, 4.69) is 13.0 Å². The first kappa shape index (κ1) is 5.67. The molecule has 1 heterocycles. The summed E-state index contributed by atoms with van der Waals surface area (Å²) in [6, 6.07) is 0. The van der Waals surface area contributed by atoms with Crippen molar-refractivity contribution in [1.29, 1.82) is 0 Å². The van der Waals surface area contributed by atoms with E-state index in [4.69, 9.17) is 4.74 Å². The van der Waals surface area contributed by atoms with Crippen LogP contribution in [0.2, 0.25) is 0 Å². The van der Waals surface area contributed by atoms with Crippen molar-refractivity contribution < 1.29 is 4.74 Å². The summed E-state index contributed by atoms with van der Waals surface area (Å²) < 4.78 is 5.25. The molecule has 0 unspecified atom stereocenters. The third-order valence-electron chi connectivity index (χ3n) is 1.29. The first-order chi connectivity index (χ1) is 3.93. The van der Waals surface area contributed by atoms with Crippen molar-refractivity contribution >= 4 is 0 Å². The van der Waals surface area contributed by atoms with E-state index in [1.807, 2.05) is 0 Å². The van der Waals surface area contributed by atoms with Crippen molar-refractivity contribution in [3.63, 3.8) is 0 Å². The number of rotatable bonds is 1. The highest BCUT2D eigenvalue weighted by Crippen LogP contribution is 2.15. The van der Waals surface area contributed by atoms with Crippen LogP contribution in [0.4, 0.5) is 0 Å². The molecule has 46 valence electrons. The Kier molecular flexibility index (Phi) is 1.95. The Balaban J connectivity index is 2.33. The number of hydrogen-bond donors (Lipinski definition) is 0. The summed E-state index contributed by atoms with van der Waals surface area (Å²) in [4.78, 5) is 0. The third kappa shape index (κ3) is 1.25. The van der Waals surface area contributed by atoms with Crippen molar-refractivity contribution in [3.8, 4) is 0 Å². The second kappa shape index (κ2) is 2.75. The van der Waals surface area contributed by atoms with E-state index >= 15 is 0 Å². The molecule has 0 aliphatic carbocycles. The molecule has 0 aromatic rings. The van der Waals surface area contributed by atoms with Crippen molar-refractivity contribution in [2.45, 2.75) is 26.2 Å². The molecular weight excluding hydrogens is 100 g/mol. The molecule has 1 heteroatoms. The van der Waals surface area contributed by atoms with E-state index in [1.165, 1.54) is 12.2 Å². The van der Waals surface area contributed by atoms with Crippen LogP contribution < -0.4 is 0 Å². The molecule has 0 bridgehead atoms. The summed E-state index contributed by atoms with van der Waals surface area (Å²) in [5.74, 6) is 1.20. The van der Waals surface area contributed by atoms with Gasteiger partial charge in [0.15, 0.2) is 0 Å². The molecule has 1 saturated heterocycles. The summed E-state index contributed by atoms with van der Waals surface area (Å²) in [5, 5.41) is 0. The maximum Gasteiger partial charge on any atom is 0.0921 e. The molecule has 0 amide bonds. The first-order valence-electron chi connectivity index (χ1n) is 3.25. The fraction of sp³-hybridized carbons (Fsp3) is 0.714. The summed E-state index contributed by atoms with van der Waals surface area (Å²) >= 11 is 0. The molecule has 0 aromatic heterocycles. The van der Waals surface area contributed by atoms with Gasteiger partial charge in [-0.2, -0.15) is 0 Å². The Hall–Kier alpha value is -0.460. The summed E-state index contributed by atoms with van der Waals surface area (Å²) in [5.41, 5.74) is 0. The van der Waals surface area contributed by atoms with Crippen molar-refractivity contribution in [1.82, 2.24) is 0 Å². The van der Waals surface area contributed by atoms with Gasteiger partial charge in [-0.05, 0) is 18.9 Å². The highest BCUT2D eigenvalue weighted by atomic mass is 16.5. The van der Waals surface area contributed by atoms with Gasteiger partial charge in [-0.1, -0.05) is 6.92 Å². The molecule has 0 aromatic carbocycles. The van der Waals surface area contributed by atoms with Gasteiger partial charge >= 0.3 is 0 Å². The molecule has 1 rings (SSSR count). The van der Waals surface area contributed by atoms with E-state index in [0.717, 1.165) is 19.4 Å². The molecule has 1 fully saturated rings. The summed E-state index contributed by atoms with van der Waals surface area (Å²) in [7, 11) is 0. The summed E-state index contributed by atoms with van der Waals surface area (Å²) in [6.45, 7) is 3.07. The zero-order valence-electron chi connectivity index (χ0n) is 5.31. The lowest BCUT2D eigenvalue weighted by Gasteiger charge is -1.93. The van der Waals surface area contributed by atoms with E-state index in [-0.39, 0.29) is 0 Å². The topological polar surface area (TPSA) is 9.23 Å². The van der Waals surface area contributed by atoms with Crippen LogP contribution in [-0.2, 0) is 4.74 Å². The molecule has 0 atom stereocenters. The van der Waals surface area contributed by atoms with Gasteiger partial charge in [0.1, 0.15) is 0 Å². The van der Waals surface area contributed by atoms with Gasteiger partial charge in [-0.25, -0.2) is 0 Å². The maximum absolute atomic E-state index is 5.25. The van der Waals surface area contributed by atoms with Crippen molar-refractivity contribution in [3.05, 3.63) is 11.8 Å². The second-order valence-corrected chi connectivity index (χ2v) is 2.03. The van der Waals surface area contributed by atoms with Gasteiger partial charge < -0.3 is 4.74 Å². The van der Waals surface area contributed by atoms with Crippen LogP contribution in [0, 0.1) is 0 Å². The van der Waals surface area contributed by atoms with E-state index in [0.29, 0.717) is 0 Å². The molecule has 1 aliphatic heterocycles. The monoisotopic (exact) mass is 112 g/mol. The molecule has 0 saturated carbocycles. The number of ether oxygens (including phenoxy) is 1. The molecule has 1 aliphatic rings. The standard InChI is InChI=1S/C7H12O/c1-2-4-7-5-3-6-8-7/h4H,2-3,5-6H2,1H3/b7-4+. The van der Waals surface area contributed by atoms with E-state index in [9.17, 15) is 0 Å². The van der Waals surface area contributed by atoms with Crippen LogP contribution in [0.25, 0.3) is 0 Å². The molecule has 8 heavy (non-hydrogen) atoms. The van der Waals surface area contributed by atoms with Crippen molar-refractivity contribution in [2.75, 3.05) is 6.61 Å². The Bertz CT molecular complexity index is 86.6. The third-order valence-corrected chi connectivity index (χ3v) is 1.29. The Morgan fingerprint density at radius 3 is 3.12 bits per heavy atom. The Labute approximate surface area is 50.3 Å². The predicted molar refractivity (Wildman–Crippen MR) is 33.6 cm³/mol. The lowest BCUT2D eigenvalue weighted by molar-refractivity contribution is 0.262. The van der Waals surface area contributed by atoms with Crippen molar-refractivity contribution in [2.24, 2.45) is 0 Å². The van der Waals surface area contributed by atoms with Crippen LogP contribution in [0.15, 0.2) is 11.8 Å². The Morgan fingerprint density at radius 2 is 2.62 bits per heavy atom. The number of hydrogen-bond acceptors (Lipinski definition) is 1. The van der Waals surface area contributed by atoms with Crippen LogP contribution >= 0.6 is 0 Å². The largest absolute Gasteiger partial charge is 0.498 e. The highest BCUT2D eigenvalue weighted by Gasteiger charge is 2.04. The summed E-state index contributed by atoms with van der Waals surface area (Å²) in [6.07, 6.45) is 5.64. The van der Waals surface area contributed by atoms with Gasteiger partial charge in [0.05, 0.1) is 12.4 Å². The lowest BCUT2D eigenvalue weighted by Crippen LogP contribution is -1.76. The maximum atomic E-state index is 5.25. The smallest absolute Gasteiger partial charge is 0.0921 e. The molecule has 0 radical (unpaired) electrons. The quantitative estimate of drug-likeness (QED) is 0.504. The van der Waals surface area contributed by atoms with E-state index in [1.54, 1.807) is 0 Å². The van der Waals surface area contributed by atoms with Crippen LogP contribution in [0.3, 0.4) is 0 Å². The molecular formula is C7H12O. The fourth-order valence-electron chi connectivity index (χ4n) is 0.910. The SMILES string of the molecule is CC/C=C1\CCCO1. The highest BCUT2D eigenvalue weighted by molar-refractivity contribution is 4.95. The van der Waals surface area contributed by atoms with Crippen LogP contribution in [0.5, 0.6) is 0 Å². The lowest BCUT2D eigenvalue weighted by atomic mass is 10.3. The van der Waals surface area contributed by atoms with Gasteiger partial charge in [-0.15, -0.1) is 0 Å². The first-order valence-corrected chi connectivity index (χ1v) is 3.25. The van der Waals surface area contributed by atoms with Gasteiger partial charge in [0.2, 0.25) is 0 Å². The minimum atomic E-state index is 0.936. The normalized spacial score (nSPS) is 23.9. The van der Waals surface area contributed by atoms with Gasteiger partial charge in [-0.3, -0.25) is 0 Å². The average Bonchev–Trinajstić information content (AvgIpc) is 2.19. The molecule has 1 nitrogen and oxygen atoms in total. The minimum absolute atomic E-state index is 0.936. The zero-order valence-corrected chi connectivity index (χ0v) is 5.31.